The highest BCUT2D eigenvalue weighted by Crippen LogP contribution is 2.27. The zero-order chi connectivity index (χ0) is 13.1. The normalized spacial score (nSPS) is 15.0. The van der Waals surface area contributed by atoms with Crippen molar-refractivity contribution in [3.8, 4) is 0 Å². The Morgan fingerprint density at radius 2 is 2.21 bits per heavy atom. The second kappa shape index (κ2) is 5.85. The van der Waals surface area contributed by atoms with Crippen molar-refractivity contribution in [1.82, 2.24) is 24.4 Å². The Bertz CT molecular complexity index is 550. The van der Waals surface area contributed by atoms with Gasteiger partial charge in [-0.1, -0.05) is 22.7 Å². The van der Waals surface area contributed by atoms with Crippen molar-refractivity contribution in [3.05, 3.63) is 11.5 Å². The molecule has 2 aromatic heterocycles. The molecule has 0 radical (unpaired) electrons. The van der Waals surface area contributed by atoms with Crippen molar-refractivity contribution in [2.75, 3.05) is 5.43 Å². The quantitative estimate of drug-likeness (QED) is 0.501. The first-order chi connectivity index (χ1) is 9.38. The van der Waals surface area contributed by atoms with E-state index in [4.69, 9.17) is 5.84 Å². The van der Waals surface area contributed by atoms with Gasteiger partial charge in [-0.2, -0.15) is 0 Å². The van der Waals surface area contributed by atoms with Crippen molar-refractivity contribution in [2.24, 2.45) is 5.84 Å². The molecule has 0 atom stereocenters. The molecule has 9 heteroatoms. The van der Waals surface area contributed by atoms with Gasteiger partial charge < -0.3 is 9.99 Å². The maximum Gasteiger partial charge on any atom is 0.191 e. The van der Waals surface area contributed by atoms with Gasteiger partial charge in [-0.25, -0.2) is 5.84 Å². The molecule has 102 valence electrons. The van der Waals surface area contributed by atoms with Gasteiger partial charge in [-0.05, 0) is 12.8 Å². The van der Waals surface area contributed by atoms with Gasteiger partial charge in [0.25, 0.3) is 0 Å². The largest absolute Gasteiger partial charge is 0.313 e. The lowest BCUT2D eigenvalue weighted by atomic mass is 10.2. The number of rotatable bonds is 4. The van der Waals surface area contributed by atoms with Crippen LogP contribution in [-0.2, 0) is 18.7 Å². The molecule has 0 unspecified atom stereocenters. The Morgan fingerprint density at radius 3 is 3.11 bits per heavy atom. The van der Waals surface area contributed by atoms with Crippen molar-refractivity contribution >= 4 is 28.3 Å². The van der Waals surface area contributed by atoms with Gasteiger partial charge in [0, 0.05) is 30.3 Å². The predicted molar refractivity (Wildman–Crippen MR) is 74.9 cm³/mol. The molecule has 3 rings (SSSR count). The fourth-order valence-electron chi connectivity index (χ4n) is 2.11. The van der Waals surface area contributed by atoms with Gasteiger partial charge >= 0.3 is 0 Å². The summed E-state index contributed by atoms with van der Waals surface area (Å²) in [5, 5.41) is 14.4. The number of nitrogens with two attached hydrogens (primary N) is 1. The van der Waals surface area contributed by atoms with E-state index < -0.39 is 0 Å². The molecule has 0 amide bonds. The predicted octanol–water partition coefficient (Wildman–Crippen LogP) is 1.43. The Balaban J connectivity index is 1.72. The first-order valence-corrected chi connectivity index (χ1v) is 7.97. The average molecular weight is 297 g/mol. The van der Waals surface area contributed by atoms with E-state index in [1.54, 1.807) is 11.8 Å². The van der Waals surface area contributed by atoms with Crippen LogP contribution >= 0.6 is 23.3 Å². The number of aryl methyl sites for hydroxylation is 1. The van der Waals surface area contributed by atoms with E-state index in [0.717, 1.165) is 34.6 Å². The van der Waals surface area contributed by atoms with E-state index in [1.165, 1.54) is 30.8 Å². The van der Waals surface area contributed by atoms with Crippen LogP contribution in [0.25, 0.3) is 0 Å². The summed E-state index contributed by atoms with van der Waals surface area (Å²) < 4.78 is 6.12. The van der Waals surface area contributed by atoms with Crippen LogP contribution in [0.1, 0.15) is 30.8 Å². The topological polar surface area (TPSA) is 94.5 Å². The lowest BCUT2D eigenvalue weighted by molar-refractivity contribution is 0.591. The molecule has 7 nitrogen and oxygen atoms in total. The molecule has 3 N–H and O–H groups in total. The molecule has 0 fully saturated rings. The monoisotopic (exact) mass is 297 g/mol. The van der Waals surface area contributed by atoms with Crippen LogP contribution in [0.5, 0.6) is 0 Å². The van der Waals surface area contributed by atoms with E-state index in [2.05, 4.69) is 29.8 Å². The lowest BCUT2D eigenvalue weighted by Crippen LogP contribution is -2.07. The number of nitrogens with one attached hydrogen (secondary N) is 1. The maximum absolute atomic E-state index is 5.41. The molecule has 0 saturated carbocycles. The fraction of sp³-hybridized carbons (Fsp3) is 0.600. The molecular formula is C10H15N7S2. The van der Waals surface area contributed by atoms with Crippen molar-refractivity contribution < 1.29 is 0 Å². The van der Waals surface area contributed by atoms with Gasteiger partial charge in [0.15, 0.2) is 5.16 Å². The molecule has 0 spiro atoms. The fourth-order valence-corrected chi connectivity index (χ4v) is 3.61. The number of nitrogen functional groups attached to an aromatic ring is 1. The summed E-state index contributed by atoms with van der Waals surface area (Å²) in [6.45, 7) is 1.02. The Hall–Kier alpha value is -1.19. The second-order valence-corrected chi connectivity index (χ2v) is 6.04. The number of hydrazine groups is 1. The first-order valence-electron chi connectivity index (χ1n) is 6.21. The zero-order valence-corrected chi connectivity index (χ0v) is 12.0. The third kappa shape index (κ3) is 2.72. The number of hydrogen-bond donors (Lipinski definition) is 2. The number of fused-ring (bicyclic) bond motifs is 1. The van der Waals surface area contributed by atoms with Crippen molar-refractivity contribution in [2.45, 2.75) is 43.1 Å². The highest BCUT2D eigenvalue weighted by Gasteiger charge is 2.16. The van der Waals surface area contributed by atoms with Crippen LogP contribution in [0.3, 0.4) is 0 Å². The SMILES string of the molecule is NNc1snnc1CSc1nnc2n1CCCCC2. The molecular weight excluding hydrogens is 282 g/mol. The van der Waals surface area contributed by atoms with E-state index in [-0.39, 0.29) is 0 Å². The minimum atomic E-state index is 0.703. The molecule has 0 aromatic carbocycles. The molecule has 3 heterocycles. The summed E-state index contributed by atoms with van der Waals surface area (Å²) >= 11 is 2.90. The molecule has 1 aliphatic heterocycles. The van der Waals surface area contributed by atoms with Crippen LogP contribution in [-0.4, -0.2) is 24.4 Å². The van der Waals surface area contributed by atoms with Gasteiger partial charge in [0.2, 0.25) is 0 Å². The first kappa shape index (κ1) is 12.8. The summed E-state index contributed by atoms with van der Waals surface area (Å²) in [5.41, 5.74) is 3.48. The van der Waals surface area contributed by atoms with Crippen molar-refractivity contribution in [1.29, 1.82) is 0 Å². The summed E-state index contributed by atoms with van der Waals surface area (Å²) in [6, 6.07) is 0. The van der Waals surface area contributed by atoms with Gasteiger partial charge in [-0.3, -0.25) is 0 Å². The number of hydrogen-bond acceptors (Lipinski definition) is 8. The van der Waals surface area contributed by atoms with E-state index in [0.29, 0.717) is 5.75 Å². The molecule has 0 saturated heterocycles. The van der Waals surface area contributed by atoms with Crippen LogP contribution in [0, 0.1) is 0 Å². The highest BCUT2D eigenvalue weighted by molar-refractivity contribution is 7.98. The Kier molecular flexibility index (Phi) is 3.95. The zero-order valence-electron chi connectivity index (χ0n) is 10.4. The third-order valence-electron chi connectivity index (χ3n) is 3.10. The smallest absolute Gasteiger partial charge is 0.191 e. The van der Waals surface area contributed by atoms with Gasteiger partial charge in [0.1, 0.15) is 16.5 Å². The van der Waals surface area contributed by atoms with Crippen LogP contribution in [0.2, 0.25) is 0 Å². The summed E-state index contributed by atoms with van der Waals surface area (Å²) in [5.74, 6) is 7.22. The van der Waals surface area contributed by atoms with E-state index in [1.807, 2.05) is 0 Å². The molecule has 0 aliphatic carbocycles. The Labute approximate surface area is 119 Å². The lowest BCUT2D eigenvalue weighted by Gasteiger charge is -2.05. The van der Waals surface area contributed by atoms with Crippen LogP contribution in [0.4, 0.5) is 5.00 Å². The second-order valence-electron chi connectivity index (χ2n) is 4.34. The third-order valence-corrected chi connectivity index (χ3v) is 4.78. The van der Waals surface area contributed by atoms with Gasteiger partial charge in [-0.15, -0.1) is 15.3 Å². The summed E-state index contributed by atoms with van der Waals surface area (Å²) in [7, 11) is 0. The van der Waals surface area contributed by atoms with Crippen molar-refractivity contribution in [3.63, 3.8) is 0 Å². The molecule has 2 aromatic rings. The Morgan fingerprint density at radius 1 is 1.26 bits per heavy atom. The van der Waals surface area contributed by atoms with Gasteiger partial charge in [0.05, 0.1) is 0 Å². The summed E-state index contributed by atoms with van der Waals surface area (Å²) in [6.07, 6.45) is 4.71. The number of aromatic nitrogens is 5. The summed E-state index contributed by atoms with van der Waals surface area (Å²) in [4.78, 5) is 0. The molecule has 0 bridgehead atoms. The standard InChI is InChI=1S/C10H15N7S2/c11-12-9-7(13-16-19-9)6-18-10-15-14-8-4-2-1-3-5-17(8)10/h12H,1-6,11H2. The molecule has 1 aliphatic rings. The van der Waals surface area contributed by atoms with Crippen LogP contribution in [0.15, 0.2) is 5.16 Å². The highest BCUT2D eigenvalue weighted by atomic mass is 32.2. The number of nitrogens with zero attached hydrogens (tertiary/aromatic N) is 5. The van der Waals surface area contributed by atoms with E-state index in [9.17, 15) is 0 Å². The van der Waals surface area contributed by atoms with E-state index >= 15 is 0 Å². The minimum absolute atomic E-state index is 0.703. The van der Waals surface area contributed by atoms with Crippen LogP contribution < -0.4 is 11.3 Å². The maximum atomic E-state index is 5.41. The molecule has 19 heavy (non-hydrogen) atoms. The average Bonchev–Trinajstić information content (AvgIpc) is 2.97. The number of thioether (sulfide) groups is 1. The number of anilines is 1. The minimum Gasteiger partial charge on any atom is -0.313 e.